The minimum absolute atomic E-state index is 0.548. The number of benzene rings is 1. The van der Waals surface area contributed by atoms with Gasteiger partial charge in [-0.2, -0.15) is 4.98 Å². The third-order valence-electron chi connectivity index (χ3n) is 2.24. The zero-order valence-electron chi connectivity index (χ0n) is 9.86. The van der Waals surface area contributed by atoms with Gasteiger partial charge in [-0.3, -0.25) is 0 Å². The Balaban J connectivity index is 2.26. The van der Waals surface area contributed by atoms with Gasteiger partial charge < -0.3 is 4.74 Å². The highest BCUT2D eigenvalue weighted by molar-refractivity contribution is 9.10. The van der Waals surface area contributed by atoms with Gasteiger partial charge in [0.25, 0.3) is 0 Å². The lowest BCUT2D eigenvalue weighted by Gasteiger charge is -2.08. The first kappa shape index (κ1) is 13.5. The van der Waals surface area contributed by atoms with E-state index in [2.05, 4.69) is 48.8 Å². The van der Waals surface area contributed by atoms with Gasteiger partial charge in [-0.1, -0.05) is 19.1 Å². The van der Waals surface area contributed by atoms with Crippen molar-refractivity contribution in [1.29, 1.82) is 0 Å². The van der Waals surface area contributed by atoms with Crippen LogP contribution in [0.15, 0.2) is 39.4 Å². The van der Waals surface area contributed by atoms with Crippen LogP contribution >= 0.6 is 31.9 Å². The van der Waals surface area contributed by atoms with Gasteiger partial charge in [0.15, 0.2) is 0 Å². The van der Waals surface area contributed by atoms with Crippen molar-refractivity contribution in [2.45, 2.75) is 19.8 Å². The maximum atomic E-state index is 5.75. The van der Waals surface area contributed by atoms with Crippen molar-refractivity contribution >= 4 is 31.9 Å². The van der Waals surface area contributed by atoms with E-state index in [4.69, 9.17) is 4.74 Å². The number of hydrogen-bond acceptors (Lipinski definition) is 3. The third-order valence-corrected chi connectivity index (χ3v) is 3.30. The van der Waals surface area contributed by atoms with Crippen LogP contribution in [-0.2, 0) is 6.42 Å². The summed E-state index contributed by atoms with van der Waals surface area (Å²) in [6.07, 6.45) is 1.84. The Hall–Kier alpha value is -0.940. The number of rotatable bonds is 4. The first-order valence-corrected chi connectivity index (χ1v) is 7.23. The van der Waals surface area contributed by atoms with Gasteiger partial charge in [0.1, 0.15) is 16.2 Å². The molecule has 2 aromatic rings. The van der Waals surface area contributed by atoms with Crippen molar-refractivity contribution < 1.29 is 4.74 Å². The van der Waals surface area contributed by atoms with Crippen molar-refractivity contribution in [3.8, 4) is 11.6 Å². The normalized spacial score (nSPS) is 10.4. The minimum Gasteiger partial charge on any atom is -0.438 e. The van der Waals surface area contributed by atoms with Gasteiger partial charge in [0.2, 0.25) is 5.88 Å². The molecule has 0 saturated heterocycles. The molecule has 3 nitrogen and oxygen atoms in total. The van der Waals surface area contributed by atoms with Gasteiger partial charge >= 0.3 is 0 Å². The lowest BCUT2D eigenvalue weighted by molar-refractivity contribution is 0.455. The third kappa shape index (κ3) is 3.53. The van der Waals surface area contributed by atoms with Crippen LogP contribution in [0.3, 0.4) is 0 Å². The maximum Gasteiger partial charge on any atom is 0.223 e. The van der Waals surface area contributed by atoms with E-state index in [0.717, 1.165) is 33.5 Å². The highest BCUT2D eigenvalue weighted by Crippen LogP contribution is 2.29. The molecule has 2 rings (SSSR count). The summed E-state index contributed by atoms with van der Waals surface area (Å²) in [6, 6.07) is 9.44. The summed E-state index contributed by atoms with van der Waals surface area (Å²) in [5, 5.41) is 0. The fourth-order valence-corrected chi connectivity index (χ4v) is 2.24. The number of halogens is 2. The van der Waals surface area contributed by atoms with Crippen LogP contribution in [0.25, 0.3) is 0 Å². The number of aromatic nitrogens is 2. The fraction of sp³-hybridized carbons (Fsp3) is 0.231. The van der Waals surface area contributed by atoms with Crippen molar-refractivity contribution in [3.05, 3.63) is 45.2 Å². The summed E-state index contributed by atoms with van der Waals surface area (Å²) < 4.78 is 7.39. The van der Waals surface area contributed by atoms with Crippen LogP contribution in [0.2, 0.25) is 0 Å². The second-order valence-electron chi connectivity index (χ2n) is 3.73. The molecule has 0 amide bonds. The van der Waals surface area contributed by atoms with Crippen LogP contribution in [0, 0.1) is 0 Å². The monoisotopic (exact) mass is 370 g/mol. The van der Waals surface area contributed by atoms with Crippen molar-refractivity contribution in [3.63, 3.8) is 0 Å². The Morgan fingerprint density at radius 2 is 1.94 bits per heavy atom. The van der Waals surface area contributed by atoms with Gasteiger partial charge in [0, 0.05) is 12.5 Å². The summed E-state index contributed by atoms with van der Waals surface area (Å²) in [4.78, 5) is 8.68. The Morgan fingerprint density at radius 3 is 2.67 bits per heavy atom. The largest absolute Gasteiger partial charge is 0.438 e. The highest BCUT2D eigenvalue weighted by Gasteiger charge is 2.06. The summed E-state index contributed by atoms with van der Waals surface area (Å²) in [7, 11) is 0. The van der Waals surface area contributed by atoms with Crippen LogP contribution in [0.1, 0.15) is 19.2 Å². The maximum absolute atomic E-state index is 5.75. The second-order valence-corrected chi connectivity index (χ2v) is 5.39. The Bertz CT molecular complexity index is 546. The molecule has 1 aromatic heterocycles. The molecule has 0 aliphatic carbocycles. The Labute approximate surface area is 123 Å². The summed E-state index contributed by atoms with van der Waals surface area (Å²) in [5.41, 5.74) is 0. The molecule has 1 aromatic carbocycles. The molecule has 0 spiro atoms. The molecule has 1 heterocycles. The van der Waals surface area contributed by atoms with Gasteiger partial charge in [-0.05, 0) is 50.4 Å². The minimum atomic E-state index is 0.548. The smallest absolute Gasteiger partial charge is 0.223 e. The lowest BCUT2D eigenvalue weighted by Crippen LogP contribution is -1.98. The zero-order chi connectivity index (χ0) is 13.0. The molecule has 0 atom stereocenters. The van der Waals surface area contributed by atoms with E-state index in [1.165, 1.54) is 0 Å². The molecular formula is C13H12Br2N2O. The Kier molecular flexibility index (Phi) is 4.72. The molecule has 0 aliphatic heterocycles. The number of ether oxygens (including phenoxy) is 1. The predicted octanol–water partition coefficient (Wildman–Crippen LogP) is 4.75. The number of nitrogens with zero attached hydrogens (tertiary/aromatic N) is 2. The fourth-order valence-electron chi connectivity index (χ4n) is 1.47. The average molecular weight is 372 g/mol. The van der Waals surface area contributed by atoms with Crippen molar-refractivity contribution in [2.75, 3.05) is 0 Å². The summed E-state index contributed by atoms with van der Waals surface area (Å²) in [6.45, 7) is 2.10. The van der Waals surface area contributed by atoms with Gasteiger partial charge in [0.05, 0.1) is 4.47 Å². The SMILES string of the molecule is CCCc1nc(Br)cc(Oc2ccccc2Br)n1. The van der Waals surface area contributed by atoms with E-state index < -0.39 is 0 Å². The molecule has 0 fully saturated rings. The second kappa shape index (κ2) is 6.29. The number of hydrogen-bond donors (Lipinski definition) is 0. The molecular weight excluding hydrogens is 360 g/mol. The van der Waals surface area contributed by atoms with Crippen molar-refractivity contribution in [2.24, 2.45) is 0 Å². The quantitative estimate of drug-likeness (QED) is 0.727. The summed E-state index contributed by atoms with van der Waals surface area (Å²) >= 11 is 6.81. The van der Waals surface area contributed by atoms with Crippen LogP contribution in [0.5, 0.6) is 11.6 Å². The molecule has 18 heavy (non-hydrogen) atoms. The number of aryl methyl sites for hydroxylation is 1. The molecule has 0 N–H and O–H groups in total. The van der Waals surface area contributed by atoms with E-state index in [-0.39, 0.29) is 0 Å². The average Bonchev–Trinajstić information content (AvgIpc) is 2.32. The topological polar surface area (TPSA) is 35.0 Å². The first-order valence-electron chi connectivity index (χ1n) is 5.65. The van der Waals surface area contributed by atoms with Gasteiger partial charge in [-0.25, -0.2) is 4.98 Å². The molecule has 0 radical (unpaired) electrons. The number of para-hydroxylation sites is 1. The summed E-state index contributed by atoms with van der Waals surface area (Å²) in [5.74, 6) is 2.08. The van der Waals surface area contributed by atoms with Crippen LogP contribution in [0.4, 0.5) is 0 Å². The van der Waals surface area contributed by atoms with Crippen LogP contribution < -0.4 is 4.74 Å². The van der Waals surface area contributed by atoms with E-state index in [9.17, 15) is 0 Å². The highest BCUT2D eigenvalue weighted by atomic mass is 79.9. The van der Waals surface area contributed by atoms with E-state index in [1.54, 1.807) is 6.07 Å². The molecule has 0 unspecified atom stereocenters. The predicted molar refractivity (Wildman–Crippen MR) is 77.9 cm³/mol. The molecule has 94 valence electrons. The van der Waals surface area contributed by atoms with E-state index >= 15 is 0 Å². The van der Waals surface area contributed by atoms with Gasteiger partial charge in [-0.15, -0.1) is 0 Å². The first-order chi connectivity index (χ1) is 8.69. The molecule has 0 aliphatic rings. The van der Waals surface area contributed by atoms with Crippen molar-refractivity contribution in [1.82, 2.24) is 9.97 Å². The molecule has 0 saturated carbocycles. The standard InChI is InChI=1S/C13H12Br2N2O/c1-2-5-12-16-11(15)8-13(17-12)18-10-7-4-3-6-9(10)14/h3-4,6-8H,2,5H2,1H3. The lowest BCUT2D eigenvalue weighted by atomic mass is 10.3. The molecule has 5 heteroatoms. The van der Waals surface area contributed by atoms with E-state index in [0.29, 0.717) is 5.88 Å². The molecule has 0 bridgehead atoms. The zero-order valence-corrected chi connectivity index (χ0v) is 13.0. The Morgan fingerprint density at radius 1 is 1.17 bits per heavy atom. The van der Waals surface area contributed by atoms with Crippen LogP contribution in [-0.4, -0.2) is 9.97 Å². The van der Waals surface area contributed by atoms with E-state index in [1.807, 2.05) is 24.3 Å².